The fourth-order valence-electron chi connectivity index (χ4n) is 1.70. The van der Waals surface area contributed by atoms with Gasteiger partial charge in [0, 0.05) is 24.1 Å². The van der Waals surface area contributed by atoms with Crippen LogP contribution in [0, 0.1) is 5.92 Å². The molecule has 0 heterocycles. The van der Waals surface area contributed by atoms with Crippen LogP contribution in [-0.2, 0) is 6.54 Å². The average Bonchev–Trinajstić information content (AvgIpc) is 2.30. The molecule has 1 aromatic carbocycles. The van der Waals surface area contributed by atoms with Gasteiger partial charge in [0.2, 0.25) is 0 Å². The van der Waals surface area contributed by atoms with Gasteiger partial charge in [0.1, 0.15) is 0 Å². The third kappa shape index (κ3) is 5.70. The van der Waals surface area contributed by atoms with E-state index in [2.05, 4.69) is 53.1 Å². The number of nitrogens with zero attached hydrogens (tertiary/aromatic N) is 1. The van der Waals surface area contributed by atoms with Crippen LogP contribution in [-0.4, -0.2) is 31.6 Å². The van der Waals surface area contributed by atoms with Gasteiger partial charge in [-0.3, -0.25) is 0 Å². The van der Waals surface area contributed by atoms with Gasteiger partial charge in [-0.2, -0.15) is 0 Å². The Morgan fingerprint density at radius 3 is 2.78 bits per heavy atom. The van der Waals surface area contributed by atoms with Gasteiger partial charge < -0.3 is 10.2 Å². The molecule has 0 radical (unpaired) electrons. The Bertz CT molecular complexity index is 369. The standard InChI is InChI=1S/C14H22BrClN2/c1-11(2)9-17-7-8-18(3)10-12-5-4-6-13(15)14(12)16/h4-6,11,17H,7-10H2,1-3H3. The van der Waals surface area contributed by atoms with Gasteiger partial charge in [0.05, 0.1) is 5.02 Å². The molecule has 0 aromatic heterocycles. The Hall–Kier alpha value is -0.0900. The van der Waals surface area contributed by atoms with E-state index in [4.69, 9.17) is 11.6 Å². The summed E-state index contributed by atoms with van der Waals surface area (Å²) in [7, 11) is 2.12. The lowest BCUT2D eigenvalue weighted by Crippen LogP contribution is -2.30. The Balaban J connectivity index is 2.35. The predicted octanol–water partition coefficient (Wildman–Crippen LogP) is 3.78. The Morgan fingerprint density at radius 1 is 1.39 bits per heavy atom. The van der Waals surface area contributed by atoms with Crippen LogP contribution in [0.25, 0.3) is 0 Å². The molecule has 0 bridgehead atoms. The fraction of sp³-hybridized carbons (Fsp3) is 0.571. The molecule has 0 unspecified atom stereocenters. The van der Waals surface area contributed by atoms with Crippen LogP contribution < -0.4 is 5.32 Å². The van der Waals surface area contributed by atoms with Crippen molar-refractivity contribution in [2.75, 3.05) is 26.7 Å². The van der Waals surface area contributed by atoms with Gasteiger partial charge in [-0.15, -0.1) is 0 Å². The van der Waals surface area contributed by atoms with Crippen molar-refractivity contribution < 1.29 is 0 Å². The van der Waals surface area contributed by atoms with E-state index in [1.165, 1.54) is 0 Å². The van der Waals surface area contributed by atoms with E-state index in [9.17, 15) is 0 Å². The first-order valence-corrected chi connectivity index (χ1v) is 7.50. The van der Waals surface area contributed by atoms with Gasteiger partial charge in [-0.05, 0) is 47.1 Å². The molecule has 102 valence electrons. The third-order valence-corrected chi connectivity index (χ3v) is 4.03. The van der Waals surface area contributed by atoms with Gasteiger partial charge in [-0.25, -0.2) is 0 Å². The van der Waals surface area contributed by atoms with Crippen molar-refractivity contribution in [3.8, 4) is 0 Å². The number of likely N-dealkylation sites (N-methyl/N-ethyl adjacent to an activating group) is 1. The van der Waals surface area contributed by atoms with Crippen molar-refractivity contribution in [2.45, 2.75) is 20.4 Å². The Labute approximate surface area is 124 Å². The van der Waals surface area contributed by atoms with Crippen LogP contribution in [0.1, 0.15) is 19.4 Å². The summed E-state index contributed by atoms with van der Waals surface area (Å²) in [6.07, 6.45) is 0. The van der Waals surface area contributed by atoms with Crippen molar-refractivity contribution in [2.24, 2.45) is 5.92 Å². The molecule has 1 rings (SSSR count). The van der Waals surface area contributed by atoms with Gasteiger partial charge in [0.15, 0.2) is 0 Å². The number of halogens is 2. The molecule has 18 heavy (non-hydrogen) atoms. The SMILES string of the molecule is CC(C)CNCCN(C)Cc1cccc(Br)c1Cl. The largest absolute Gasteiger partial charge is 0.315 e. The highest BCUT2D eigenvalue weighted by molar-refractivity contribution is 9.10. The first-order chi connectivity index (χ1) is 8.50. The number of nitrogens with one attached hydrogen (secondary N) is 1. The molecule has 0 amide bonds. The molecule has 1 N–H and O–H groups in total. The lowest BCUT2D eigenvalue weighted by molar-refractivity contribution is 0.321. The van der Waals surface area contributed by atoms with Crippen LogP contribution in [0.3, 0.4) is 0 Å². The maximum Gasteiger partial charge on any atom is 0.0593 e. The molecule has 0 spiro atoms. The summed E-state index contributed by atoms with van der Waals surface area (Å²) in [6, 6.07) is 6.07. The second-order valence-corrected chi connectivity index (χ2v) is 6.28. The summed E-state index contributed by atoms with van der Waals surface area (Å²) < 4.78 is 0.966. The molecule has 0 aliphatic heterocycles. The summed E-state index contributed by atoms with van der Waals surface area (Å²) in [5.41, 5.74) is 1.16. The van der Waals surface area contributed by atoms with Crippen LogP contribution in [0.5, 0.6) is 0 Å². The summed E-state index contributed by atoms with van der Waals surface area (Å²) >= 11 is 9.70. The number of hydrogen-bond acceptors (Lipinski definition) is 2. The molecule has 0 aliphatic rings. The smallest absolute Gasteiger partial charge is 0.0593 e. The van der Waals surface area contributed by atoms with Crippen LogP contribution in [0.2, 0.25) is 5.02 Å². The van der Waals surface area contributed by atoms with Gasteiger partial charge >= 0.3 is 0 Å². The van der Waals surface area contributed by atoms with E-state index in [-0.39, 0.29) is 0 Å². The summed E-state index contributed by atoms with van der Waals surface area (Å²) in [5.74, 6) is 0.704. The second-order valence-electron chi connectivity index (χ2n) is 5.05. The van der Waals surface area contributed by atoms with Crippen LogP contribution in [0.4, 0.5) is 0 Å². The van der Waals surface area contributed by atoms with E-state index in [0.717, 1.165) is 41.2 Å². The maximum atomic E-state index is 6.25. The van der Waals surface area contributed by atoms with Crippen molar-refractivity contribution in [3.63, 3.8) is 0 Å². The Kier molecular flexibility index (Phi) is 7.23. The summed E-state index contributed by atoms with van der Waals surface area (Å²) in [6.45, 7) is 8.43. The zero-order valence-electron chi connectivity index (χ0n) is 11.3. The fourth-order valence-corrected chi connectivity index (χ4v) is 2.29. The van der Waals surface area contributed by atoms with E-state index in [1.54, 1.807) is 0 Å². The predicted molar refractivity (Wildman–Crippen MR) is 83.2 cm³/mol. The highest BCUT2D eigenvalue weighted by Crippen LogP contribution is 2.26. The maximum absolute atomic E-state index is 6.25. The normalized spacial score (nSPS) is 11.5. The molecular weight excluding hydrogens is 312 g/mol. The number of hydrogen-bond donors (Lipinski definition) is 1. The van der Waals surface area contributed by atoms with Gasteiger partial charge in [-0.1, -0.05) is 37.6 Å². The minimum absolute atomic E-state index is 0.704. The molecule has 2 nitrogen and oxygen atoms in total. The van der Waals surface area contributed by atoms with Gasteiger partial charge in [0.25, 0.3) is 0 Å². The van der Waals surface area contributed by atoms with Crippen molar-refractivity contribution in [1.82, 2.24) is 10.2 Å². The molecule has 0 saturated carbocycles. The molecular formula is C14H22BrClN2. The molecule has 0 atom stereocenters. The number of benzene rings is 1. The summed E-state index contributed by atoms with van der Waals surface area (Å²) in [4.78, 5) is 2.28. The van der Waals surface area contributed by atoms with E-state index >= 15 is 0 Å². The highest BCUT2D eigenvalue weighted by Gasteiger charge is 2.06. The van der Waals surface area contributed by atoms with E-state index < -0.39 is 0 Å². The minimum Gasteiger partial charge on any atom is -0.315 e. The molecule has 4 heteroatoms. The molecule has 1 aromatic rings. The minimum atomic E-state index is 0.704. The third-order valence-electron chi connectivity index (χ3n) is 2.69. The first-order valence-electron chi connectivity index (χ1n) is 6.33. The van der Waals surface area contributed by atoms with E-state index in [0.29, 0.717) is 5.92 Å². The lowest BCUT2D eigenvalue weighted by Gasteiger charge is -2.18. The molecule has 0 aliphatic carbocycles. The zero-order chi connectivity index (χ0) is 13.5. The summed E-state index contributed by atoms with van der Waals surface area (Å²) in [5, 5.41) is 4.26. The quantitative estimate of drug-likeness (QED) is 0.764. The Morgan fingerprint density at radius 2 is 2.11 bits per heavy atom. The van der Waals surface area contributed by atoms with Crippen LogP contribution in [0.15, 0.2) is 22.7 Å². The molecule has 0 fully saturated rings. The van der Waals surface area contributed by atoms with Crippen molar-refractivity contribution in [3.05, 3.63) is 33.3 Å². The van der Waals surface area contributed by atoms with Crippen molar-refractivity contribution >= 4 is 27.5 Å². The number of rotatable bonds is 7. The average molecular weight is 334 g/mol. The lowest BCUT2D eigenvalue weighted by atomic mass is 10.2. The zero-order valence-corrected chi connectivity index (χ0v) is 13.7. The van der Waals surface area contributed by atoms with E-state index in [1.807, 2.05) is 12.1 Å². The first kappa shape index (κ1) is 16.0. The highest BCUT2D eigenvalue weighted by atomic mass is 79.9. The van der Waals surface area contributed by atoms with Crippen molar-refractivity contribution in [1.29, 1.82) is 0 Å². The monoisotopic (exact) mass is 332 g/mol. The van der Waals surface area contributed by atoms with Crippen LogP contribution >= 0.6 is 27.5 Å². The second kappa shape index (κ2) is 8.16. The molecule has 0 saturated heterocycles. The topological polar surface area (TPSA) is 15.3 Å².